The highest BCUT2D eigenvalue weighted by Gasteiger charge is 2.10. The highest BCUT2D eigenvalue weighted by atomic mass is 16.2. The zero-order chi connectivity index (χ0) is 16.9. The summed E-state index contributed by atoms with van der Waals surface area (Å²) >= 11 is 0. The molecule has 0 radical (unpaired) electrons. The molecule has 0 spiro atoms. The summed E-state index contributed by atoms with van der Waals surface area (Å²) in [5.74, 6) is -0.159. The maximum absolute atomic E-state index is 12.3. The molecule has 3 aromatic carbocycles. The number of amides is 1. The summed E-state index contributed by atoms with van der Waals surface area (Å²) in [6.07, 6.45) is 0.384. The molecular weight excluding hydrogens is 298 g/mol. The first-order chi connectivity index (χ1) is 11.6. The Morgan fingerprint density at radius 2 is 1.54 bits per heavy atom. The Morgan fingerprint density at radius 1 is 0.833 bits per heavy atom. The van der Waals surface area contributed by atoms with Crippen LogP contribution in [-0.2, 0) is 4.79 Å². The van der Waals surface area contributed by atoms with Crippen molar-refractivity contribution in [1.29, 1.82) is 0 Å². The summed E-state index contributed by atoms with van der Waals surface area (Å²) < 4.78 is 0. The first kappa shape index (κ1) is 15.9. The summed E-state index contributed by atoms with van der Waals surface area (Å²) in [5, 5.41) is 4.95. The summed E-state index contributed by atoms with van der Waals surface area (Å²) in [4.78, 5) is 24.3. The molecule has 3 rings (SSSR count). The molecule has 3 nitrogen and oxygen atoms in total. The van der Waals surface area contributed by atoms with Gasteiger partial charge in [-0.15, -0.1) is 0 Å². The van der Waals surface area contributed by atoms with Crippen molar-refractivity contribution in [2.45, 2.75) is 19.8 Å². The molecule has 1 amide bonds. The molecule has 0 fully saturated rings. The van der Waals surface area contributed by atoms with Gasteiger partial charge in [-0.25, -0.2) is 0 Å². The maximum Gasteiger partial charge on any atom is 0.224 e. The Morgan fingerprint density at radius 3 is 2.29 bits per heavy atom. The smallest absolute Gasteiger partial charge is 0.224 e. The van der Waals surface area contributed by atoms with E-state index in [1.807, 2.05) is 73.7 Å². The van der Waals surface area contributed by atoms with E-state index >= 15 is 0 Å². The van der Waals surface area contributed by atoms with E-state index in [1.165, 1.54) is 0 Å². The van der Waals surface area contributed by atoms with E-state index in [1.54, 1.807) is 0 Å². The van der Waals surface area contributed by atoms with Gasteiger partial charge in [0, 0.05) is 24.1 Å². The van der Waals surface area contributed by atoms with Gasteiger partial charge in [0.2, 0.25) is 5.91 Å². The minimum Gasteiger partial charge on any atom is -0.326 e. The lowest BCUT2D eigenvalue weighted by Gasteiger charge is -2.06. The van der Waals surface area contributed by atoms with E-state index in [0.29, 0.717) is 5.56 Å². The Hall–Kier alpha value is -2.94. The van der Waals surface area contributed by atoms with Crippen molar-refractivity contribution in [3.8, 4) is 0 Å². The van der Waals surface area contributed by atoms with E-state index < -0.39 is 0 Å². The van der Waals surface area contributed by atoms with Crippen molar-refractivity contribution in [2.75, 3.05) is 5.32 Å². The van der Waals surface area contributed by atoms with Crippen molar-refractivity contribution in [2.24, 2.45) is 0 Å². The molecule has 0 aliphatic heterocycles. The van der Waals surface area contributed by atoms with Crippen LogP contribution in [0.2, 0.25) is 0 Å². The summed E-state index contributed by atoms with van der Waals surface area (Å²) in [7, 11) is 0. The number of rotatable bonds is 5. The average Bonchev–Trinajstić information content (AvgIpc) is 2.61. The molecule has 1 N–H and O–H groups in total. The molecule has 0 atom stereocenters. The van der Waals surface area contributed by atoms with E-state index in [9.17, 15) is 9.59 Å². The van der Waals surface area contributed by atoms with Crippen LogP contribution in [0.5, 0.6) is 0 Å². The highest BCUT2D eigenvalue weighted by molar-refractivity contribution is 6.02. The number of ketones is 1. The van der Waals surface area contributed by atoms with Gasteiger partial charge in [0.25, 0.3) is 0 Å². The van der Waals surface area contributed by atoms with Crippen molar-refractivity contribution in [3.63, 3.8) is 0 Å². The molecule has 0 saturated carbocycles. The number of benzene rings is 3. The van der Waals surface area contributed by atoms with Crippen molar-refractivity contribution in [3.05, 3.63) is 77.9 Å². The van der Waals surface area contributed by atoms with Crippen LogP contribution in [0.15, 0.2) is 66.7 Å². The maximum atomic E-state index is 12.3. The monoisotopic (exact) mass is 317 g/mol. The second kappa shape index (κ2) is 7.09. The predicted octanol–water partition coefficient (Wildman–Crippen LogP) is 4.75. The van der Waals surface area contributed by atoms with Gasteiger partial charge in [0.05, 0.1) is 0 Å². The van der Waals surface area contributed by atoms with Crippen LogP contribution >= 0.6 is 0 Å². The van der Waals surface area contributed by atoms with Gasteiger partial charge in [0.15, 0.2) is 5.78 Å². The molecule has 120 valence electrons. The topological polar surface area (TPSA) is 46.2 Å². The van der Waals surface area contributed by atoms with Gasteiger partial charge in [-0.1, -0.05) is 54.1 Å². The van der Waals surface area contributed by atoms with Crippen LogP contribution in [0.25, 0.3) is 10.8 Å². The number of carbonyl (C=O) groups is 2. The third-order valence-electron chi connectivity index (χ3n) is 3.99. The molecule has 0 aliphatic rings. The molecule has 0 aromatic heterocycles. The number of anilines is 1. The molecule has 0 bridgehead atoms. The van der Waals surface area contributed by atoms with E-state index in [2.05, 4.69) is 5.32 Å². The molecule has 0 heterocycles. The molecule has 3 aromatic rings. The Bertz CT molecular complexity index is 882. The Labute approximate surface area is 141 Å². The number of carbonyl (C=O) groups excluding carboxylic acids is 2. The van der Waals surface area contributed by atoms with Gasteiger partial charge in [-0.2, -0.15) is 0 Å². The van der Waals surface area contributed by atoms with Crippen LogP contribution in [0.4, 0.5) is 5.69 Å². The number of fused-ring (bicyclic) bond motifs is 1. The van der Waals surface area contributed by atoms with Crippen LogP contribution in [0.3, 0.4) is 0 Å². The first-order valence-corrected chi connectivity index (χ1v) is 8.00. The largest absolute Gasteiger partial charge is 0.326 e. The molecule has 0 aliphatic carbocycles. The lowest BCUT2D eigenvalue weighted by molar-refractivity contribution is -0.116. The van der Waals surface area contributed by atoms with Gasteiger partial charge in [-0.3, -0.25) is 9.59 Å². The zero-order valence-electron chi connectivity index (χ0n) is 13.6. The molecule has 3 heteroatoms. The fourth-order valence-electron chi connectivity index (χ4n) is 2.59. The fraction of sp³-hybridized carbons (Fsp3) is 0.143. The number of Topliss-reactive ketones (excluding diaryl/α,β-unsaturated/α-hetero) is 1. The number of hydrogen-bond donors (Lipinski definition) is 1. The third-order valence-corrected chi connectivity index (χ3v) is 3.99. The standard InChI is InChI=1S/C21H19NO2/c1-15-6-10-19(11-7-15)22-21(24)13-12-20(23)18-9-8-16-4-2-3-5-17(16)14-18/h2-11,14H,12-13H2,1H3,(H,22,24). The van der Waals surface area contributed by atoms with Crippen LogP contribution in [0.1, 0.15) is 28.8 Å². The first-order valence-electron chi connectivity index (χ1n) is 8.00. The number of nitrogens with one attached hydrogen (secondary N) is 1. The Kier molecular flexibility index (Phi) is 4.71. The summed E-state index contributed by atoms with van der Waals surface area (Å²) in [6.45, 7) is 1.99. The van der Waals surface area contributed by atoms with E-state index in [4.69, 9.17) is 0 Å². The zero-order valence-corrected chi connectivity index (χ0v) is 13.6. The van der Waals surface area contributed by atoms with Gasteiger partial charge in [-0.05, 0) is 35.9 Å². The van der Waals surface area contributed by atoms with Crippen LogP contribution in [-0.4, -0.2) is 11.7 Å². The minimum atomic E-state index is -0.145. The van der Waals surface area contributed by atoms with Crippen molar-refractivity contribution >= 4 is 28.2 Å². The summed E-state index contributed by atoms with van der Waals surface area (Å²) in [5.41, 5.74) is 2.54. The van der Waals surface area contributed by atoms with Crippen molar-refractivity contribution in [1.82, 2.24) is 0 Å². The predicted molar refractivity (Wildman–Crippen MR) is 97.3 cm³/mol. The number of hydrogen-bond acceptors (Lipinski definition) is 2. The van der Waals surface area contributed by atoms with Gasteiger partial charge < -0.3 is 5.32 Å². The molecule has 24 heavy (non-hydrogen) atoms. The minimum absolute atomic E-state index is 0.0141. The lowest BCUT2D eigenvalue weighted by atomic mass is 10.0. The summed E-state index contributed by atoms with van der Waals surface area (Å²) in [6, 6.07) is 21.2. The van der Waals surface area contributed by atoms with Crippen LogP contribution < -0.4 is 5.32 Å². The number of aryl methyl sites for hydroxylation is 1. The third kappa shape index (κ3) is 3.87. The Balaban J connectivity index is 1.59. The van der Waals surface area contributed by atoms with Crippen LogP contribution in [0, 0.1) is 6.92 Å². The highest BCUT2D eigenvalue weighted by Crippen LogP contribution is 2.17. The SMILES string of the molecule is Cc1ccc(NC(=O)CCC(=O)c2ccc3ccccc3c2)cc1. The second-order valence-electron chi connectivity index (χ2n) is 5.90. The van der Waals surface area contributed by atoms with E-state index in [-0.39, 0.29) is 24.5 Å². The van der Waals surface area contributed by atoms with Gasteiger partial charge in [0.1, 0.15) is 0 Å². The molecule has 0 unspecified atom stereocenters. The van der Waals surface area contributed by atoms with E-state index in [0.717, 1.165) is 22.0 Å². The molecule has 0 saturated heterocycles. The quantitative estimate of drug-likeness (QED) is 0.690. The fourth-order valence-corrected chi connectivity index (χ4v) is 2.59. The lowest BCUT2D eigenvalue weighted by Crippen LogP contribution is -2.13. The normalized spacial score (nSPS) is 10.5. The molecular formula is C21H19NO2. The van der Waals surface area contributed by atoms with Crippen molar-refractivity contribution < 1.29 is 9.59 Å². The average molecular weight is 317 g/mol. The second-order valence-corrected chi connectivity index (χ2v) is 5.90. The van der Waals surface area contributed by atoms with Gasteiger partial charge >= 0.3 is 0 Å².